The first kappa shape index (κ1) is 15.7. The van der Waals surface area contributed by atoms with Crippen LogP contribution in [-0.2, 0) is 11.2 Å². The van der Waals surface area contributed by atoms with Crippen molar-refractivity contribution in [3.63, 3.8) is 0 Å². The highest BCUT2D eigenvalue weighted by atomic mass is 16.2. The van der Waals surface area contributed by atoms with Crippen LogP contribution in [0, 0.1) is 0 Å². The molecule has 0 aliphatic carbocycles. The first-order valence-corrected chi connectivity index (χ1v) is 7.18. The lowest BCUT2D eigenvalue weighted by Crippen LogP contribution is -2.53. The predicted molar refractivity (Wildman–Crippen MR) is 79.9 cm³/mol. The highest BCUT2D eigenvalue weighted by Crippen LogP contribution is 2.19. The second-order valence-corrected chi connectivity index (χ2v) is 5.13. The molecule has 0 fully saturated rings. The number of rotatable bonds is 7. The molecule has 3 heteroatoms. The third-order valence-corrected chi connectivity index (χ3v) is 4.05. The second-order valence-electron chi connectivity index (χ2n) is 5.13. The van der Waals surface area contributed by atoms with Crippen molar-refractivity contribution >= 4 is 5.91 Å². The van der Waals surface area contributed by atoms with Crippen molar-refractivity contribution in [2.75, 3.05) is 0 Å². The SMILES string of the molecule is CCC(CC)(CC)NC(=O)[C@H](N)Cc1ccccc1. The van der Waals surface area contributed by atoms with Crippen LogP contribution in [0.15, 0.2) is 30.3 Å². The number of benzene rings is 1. The normalized spacial score (nSPS) is 13.1. The zero-order valence-corrected chi connectivity index (χ0v) is 12.3. The molecule has 106 valence electrons. The summed E-state index contributed by atoms with van der Waals surface area (Å²) in [7, 11) is 0. The van der Waals surface area contributed by atoms with E-state index in [0.717, 1.165) is 24.8 Å². The smallest absolute Gasteiger partial charge is 0.237 e. The maximum absolute atomic E-state index is 12.2. The summed E-state index contributed by atoms with van der Waals surface area (Å²) in [6, 6.07) is 9.42. The van der Waals surface area contributed by atoms with Crippen molar-refractivity contribution in [1.29, 1.82) is 0 Å². The van der Waals surface area contributed by atoms with Gasteiger partial charge in [0.15, 0.2) is 0 Å². The average Bonchev–Trinajstić information content (AvgIpc) is 2.45. The van der Waals surface area contributed by atoms with E-state index in [4.69, 9.17) is 5.73 Å². The Hall–Kier alpha value is -1.35. The van der Waals surface area contributed by atoms with Gasteiger partial charge in [-0.2, -0.15) is 0 Å². The molecule has 0 saturated carbocycles. The van der Waals surface area contributed by atoms with Crippen LogP contribution in [0.4, 0.5) is 0 Å². The van der Waals surface area contributed by atoms with Crippen LogP contribution in [0.1, 0.15) is 45.6 Å². The van der Waals surface area contributed by atoms with E-state index >= 15 is 0 Å². The molecule has 19 heavy (non-hydrogen) atoms. The lowest BCUT2D eigenvalue weighted by molar-refractivity contribution is -0.124. The molecule has 1 aromatic carbocycles. The molecule has 3 N–H and O–H groups in total. The lowest BCUT2D eigenvalue weighted by Gasteiger charge is -2.33. The number of carbonyl (C=O) groups is 1. The zero-order valence-electron chi connectivity index (χ0n) is 12.3. The van der Waals surface area contributed by atoms with Crippen molar-refractivity contribution in [1.82, 2.24) is 5.32 Å². The highest BCUT2D eigenvalue weighted by Gasteiger charge is 2.27. The molecule has 0 aromatic heterocycles. The molecule has 0 aliphatic heterocycles. The fourth-order valence-corrected chi connectivity index (χ4v) is 2.33. The number of carbonyl (C=O) groups excluding carboxylic acids is 1. The number of amides is 1. The Balaban J connectivity index is 2.62. The molecule has 0 spiro atoms. The molecule has 0 unspecified atom stereocenters. The maximum atomic E-state index is 12.2. The topological polar surface area (TPSA) is 55.1 Å². The minimum absolute atomic E-state index is 0.0468. The summed E-state index contributed by atoms with van der Waals surface area (Å²) in [5, 5.41) is 3.14. The molecular formula is C16H26N2O. The maximum Gasteiger partial charge on any atom is 0.237 e. The third-order valence-electron chi connectivity index (χ3n) is 4.05. The first-order chi connectivity index (χ1) is 9.06. The van der Waals surface area contributed by atoms with Crippen molar-refractivity contribution < 1.29 is 4.79 Å². The van der Waals surface area contributed by atoms with Gasteiger partial charge in [0, 0.05) is 5.54 Å². The molecule has 0 saturated heterocycles. The van der Waals surface area contributed by atoms with E-state index in [0.29, 0.717) is 6.42 Å². The number of hydrogen-bond acceptors (Lipinski definition) is 2. The number of nitrogens with one attached hydrogen (secondary N) is 1. The Morgan fingerprint density at radius 2 is 1.68 bits per heavy atom. The van der Waals surface area contributed by atoms with Crippen LogP contribution in [0.25, 0.3) is 0 Å². The Labute approximate surface area is 116 Å². The molecule has 1 aromatic rings. The average molecular weight is 262 g/mol. The molecule has 3 nitrogen and oxygen atoms in total. The lowest BCUT2D eigenvalue weighted by atomic mass is 9.89. The predicted octanol–water partition coefficient (Wildman–Crippen LogP) is 2.64. The van der Waals surface area contributed by atoms with Gasteiger partial charge in [0.1, 0.15) is 0 Å². The summed E-state index contributed by atoms with van der Waals surface area (Å²) >= 11 is 0. The second kappa shape index (κ2) is 7.29. The molecule has 1 rings (SSSR count). The summed E-state index contributed by atoms with van der Waals surface area (Å²) in [4.78, 5) is 12.2. The summed E-state index contributed by atoms with van der Waals surface area (Å²) in [6.45, 7) is 6.32. The Morgan fingerprint density at radius 3 is 2.16 bits per heavy atom. The third kappa shape index (κ3) is 4.35. The number of hydrogen-bond donors (Lipinski definition) is 2. The van der Waals surface area contributed by atoms with E-state index in [1.165, 1.54) is 0 Å². The molecule has 0 heterocycles. The van der Waals surface area contributed by atoms with E-state index in [2.05, 4.69) is 26.1 Å². The highest BCUT2D eigenvalue weighted by molar-refractivity contribution is 5.82. The largest absolute Gasteiger partial charge is 0.349 e. The Bertz CT molecular complexity index is 377. The van der Waals surface area contributed by atoms with Gasteiger partial charge in [0.25, 0.3) is 0 Å². The van der Waals surface area contributed by atoms with Crippen molar-refractivity contribution in [2.45, 2.75) is 58.0 Å². The van der Waals surface area contributed by atoms with Crippen LogP contribution >= 0.6 is 0 Å². The minimum Gasteiger partial charge on any atom is -0.349 e. The van der Waals surface area contributed by atoms with Gasteiger partial charge in [-0.05, 0) is 31.2 Å². The summed E-state index contributed by atoms with van der Waals surface area (Å²) in [6.07, 6.45) is 3.39. The van der Waals surface area contributed by atoms with Crippen LogP contribution < -0.4 is 11.1 Å². The van der Waals surface area contributed by atoms with E-state index in [9.17, 15) is 4.79 Å². The van der Waals surface area contributed by atoms with Crippen molar-refractivity contribution in [2.24, 2.45) is 5.73 Å². The summed E-state index contributed by atoms with van der Waals surface area (Å²) in [5.74, 6) is -0.0468. The van der Waals surface area contributed by atoms with E-state index < -0.39 is 6.04 Å². The van der Waals surface area contributed by atoms with Gasteiger partial charge < -0.3 is 11.1 Å². The monoisotopic (exact) mass is 262 g/mol. The molecule has 1 amide bonds. The number of nitrogens with two attached hydrogens (primary N) is 1. The molecule has 0 bridgehead atoms. The summed E-state index contributed by atoms with van der Waals surface area (Å²) < 4.78 is 0. The van der Waals surface area contributed by atoms with Gasteiger partial charge in [-0.25, -0.2) is 0 Å². The van der Waals surface area contributed by atoms with Gasteiger partial charge in [-0.3, -0.25) is 4.79 Å². The van der Waals surface area contributed by atoms with E-state index in [1.807, 2.05) is 30.3 Å². The van der Waals surface area contributed by atoms with Gasteiger partial charge >= 0.3 is 0 Å². The van der Waals surface area contributed by atoms with Crippen LogP contribution in [-0.4, -0.2) is 17.5 Å². The zero-order chi connectivity index (χ0) is 14.3. The molecule has 1 atom stereocenters. The van der Waals surface area contributed by atoms with E-state index in [1.54, 1.807) is 0 Å². The first-order valence-electron chi connectivity index (χ1n) is 7.18. The quantitative estimate of drug-likeness (QED) is 0.793. The standard InChI is InChI=1S/C16H26N2O/c1-4-16(5-2,6-3)18-15(19)14(17)12-13-10-8-7-9-11-13/h7-11,14H,4-6,12,17H2,1-3H3,(H,18,19)/t14-/m1/s1. The van der Waals surface area contributed by atoms with E-state index in [-0.39, 0.29) is 11.4 Å². The molecule has 0 aliphatic rings. The molecular weight excluding hydrogens is 236 g/mol. The Morgan fingerprint density at radius 1 is 1.16 bits per heavy atom. The fourth-order valence-electron chi connectivity index (χ4n) is 2.33. The molecule has 0 radical (unpaired) electrons. The summed E-state index contributed by atoms with van der Waals surface area (Å²) in [5.41, 5.74) is 7.00. The van der Waals surface area contributed by atoms with Gasteiger partial charge in [-0.15, -0.1) is 0 Å². The fraction of sp³-hybridized carbons (Fsp3) is 0.562. The van der Waals surface area contributed by atoms with Gasteiger partial charge in [0.2, 0.25) is 5.91 Å². The van der Waals surface area contributed by atoms with Crippen LogP contribution in [0.3, 0.4) is 0 Å². The van der Waals surface area contributed by atoms with Gasteiger partial charge in [0.05, 0.1) is 6.04 Å². The van der Waals surface area contributed by atoms with Crippen LogP contribution in [0.2, 0.25) is 0 Å². The van der Waals surface area contributed by atoms with Crippen molar-refractivity contribution in [3.8, 4) is 0 Å². The van der Waals surface area contributed by atoms with Gasteiger partial charge in [-0.1, -0.05) is 51.1 Å². The van der Waals surface area contributed by atoms with Crippen molar-refractivity contribution in [3.05, 3.63) is 35.9 Å². The Kier molecular flexibility index (Phi) is 6.03. The van der Waals surface area contributed by atoms with Crippen LogP contribution in [0.5, 0.6) is 0 Å². The minimum atomic E-state index is -0.480.